The summed E-state index contributed by atoms with van der Waals surface area (Å²) in [6, 6.07) is 10.2. The molecule has 0 aliphatic carbocycles. The Morgan fingerprint density at radius 2 is 1.48 bits per heavy atom. The van der Waals surface area contributed by atoms with Gasteiger partial charge in [0.25, 0.3) is 0 Å². The Hall–Kier alpha value is -3.73. The van der Waals surface area contributed by atoms with Crippen LogP contribution in [0.25, 0.3) is 0 Å². The largest absolute Gasteiger partial charge is 0.453 e. The third-order valence-corrected chi connectivity index (χ3v) is 5.88. The molecule has 11 heteroatoms. The molecule has 0 heterocycles. The van der Waals surface area contributed by atoms with Crippen LogP contribution in [-0.2, 0) is 25.1 Å². The monoisotopic (exact) mass is 474 g/mol. The van der Waals surface area contributed by atoms with Gasteiger partial charge >= 0.3 is 12.2 Å². The highest BCUT2D eigenvalue weighted by Gasteiger charge is 2.16. The first-order chi connectivity index (χ1) is 15.7. The molecular weight excluding hydrogens is 448 g/mol. The van der Waals surface area contributed by atoms with E-state index in [2.05, 4.69) is 30.4 Å². The Morgan fingerprint density at radius 1 is 0.909 bits per heavy atom. The highest BCUT2D eigenvalue weighted by molar-refractivity contribution is 7.85. The number of aliphatic imine (C=N–C) groups is 1. The van der Waals surface area contributed by atoms with Crippen molar-refractivity contribution >= 4 is 46.2 Å². The number of guanidine groups is 1. The molecule has 0 saturated heterocycles. The zero-order chi connectivity index (χ0) is 24.5. The van der Waals surface area contributed by atoms with E-state index in [0.717, 1.165) is 25.3 Å². The van der Waals surface area contributed by atoms with Crippen LogP contribution in [-0.4, -0.2) is 42.5 Å². The summed E-state index contributed by atoms with van der Waals surface area (Å²) >= 11 is 0. The Balaban J connectivity index is 2.56. The number of alkyl carbamates (subject to hydrolysis) is 2. The Morgan fingerprint density at radius 3 is 2.03 bits per heavy atom. The maximum absolute atomic E-state index is 13.2. The van der Waals surface area contributed by atoms with Crippen LogP contribution < -0.4 is 16.0 Å². The van der Waals surface area contributed by atoms with Gasteiger partial charge in [0, 0.05) is 16.2 Å². The van der Waals surface area contributed by atoms with E-state index in [-0.39, 0.29) is 24.0 Å². The molecule has 2 aromatic rings. The van der Waals surface area contributed by atoms with Crippen molar-refractivity contribution in [3.63, 3.8) is 0 Å². The SMILES string of the molecule is CCC(=O)Nc1ccc(S(=O)c2ccc(C)c(C)c2)cc1N=C(NC(=O)OC)NC(=O)OC. The summed E-state index contributed by atoms with van der Waals surface area (Å²) in [5, 5.41) is 7.20. The zero-order valence-electron chi connectivity index (χ0n) is 19.0. The van der Waals surface area contributed by atoms with Crippen molar-refractivity contribution in [1.82, 2.24) is 10.6 Å². The average Bonchev–Trinajstić information content (AvgIpc) is 2.80. The molecule has 0 saturated carbocycles. The molecular formula is C22H26N4O6S. The summed E-state index contributed by atoms with van der Waals surface area (Å²) in [4.78, 5) is 40.6. The number of carbonyl (C=O) groups is 3. The van der Waals surface area contributed by atoms with Gasteiger partial charge in [-0.1, -0.05) is 13.0 Å². The number of ether oxygens (including phenoxy) is 2. The predicted molar refractivity (Wildman–Crippen MR) is 124 cm³/mol. The highest BCUT2D eigenvalue weighted by Crippen LogP contribution is 2.30. The van der Waals surface area contributed by atoms with Crippen molar-refractivity contribution in [3.05, 3.63) is 47.5 Å². The molecule has 176 valence electrons. The molecule has 2 rings (SSSR count). The number of carbonyl (C=O) groups excluding carboxylic acids is 3. The van der Waals surface area contributed by atoms with E-state index in [9.17, 15) is 18.6 Å². The van der Waals surface area contributed by atoms with E-state index >= 15 is 0 Å². The molecule has 0 fully saturated rings. The van der Waals surface area contributed by atoms with Crippen LogP contribution in [0.15, 0.2) is 51.2 Å². The van der Waals surface area contributed by atoms with Crippen molar-refractivity contribution in [2.75, 3.05) is 19.5 Å². The summed E-state index contributed by atoms with van der Waals surface area (Å²) in [6.07, 6.45) is -1.56. The Labute approximate surface area is 194 Å². The molecule has 3 N–H and O–H groups in total. The van der Waals surface area contributed by atoms with E-state index in [1.54, 1.807) is 25.1 Å². The fourth-order valence-corrected chi connectivity index (χ4v) is 3.69. The number of rotatable bonds is 5. The molecule has 0 aromatic heterocycles. The average molecular weight is 475 g/mol. The van der Waals surface area contributed by atoms with Crippen molar-refractivity contribution < 1.29 is 28.1 Å². The van der Waals surface area contributed by atoms with Crippen LogP contribution in [0.5, 0.6) is 0 Å². The maximum atomic E-state index is 13.2. The number of benzene rings is 2. The molecule has 0 spiro atoms. The normalized spacial score (nSPS) is 11.1. The molecule has 33 heavy (non-hydrogen) atoms. The first kappa shape index (κ1) is 25.5. The number of methoxy groups -OCH3 is 2. The first-order valence-electron chi connectivity index (χ1n) is 9.90. The molecule has 0 aliphatic rings. The van der Waals surface area contributed by atoms with Gasteiger partial charge in [-0.15, -0.1) is 0 Å². The summed E-state index contributed by atoms with van der Waals surface area (Å²) in [7, 11) is 0.744. The van der Waals surface area contributed by atoms with Gasteiger partial charge in [-0.05, 0) is 55.3 Å². The second-order valence-electron chi connectivity index (χ2n) is 6.79. The lowest BCUT2D eigenvalue weighted by Gasteiger charge is -2.13. The first-order valence-corrected chi connectivity index (χ1v) is 11.0. The van der Waals surface area contributed by atoms with Crippen LogP contribution in [0.4, 0.5) is 21.0 Å². The summed E-state index contributed by atoms with van der Waals surface area (Å²) in [5.74, 6) is -0.590. The van der Waals surface area contributed by atoms with Crippen LogP contribution in [0, 0.1) is 13.8 Å². The Bertz CT molecular complexity index is 1100. The zero-order valence-corrected chi connectivity index (χ0v) is 19.8. The van der Waals surface area contributed by atoms with Gasteiger partial charge in [0.15, 0.2) is 0 Å². The molecule has 0 radical (unpaired) electrons. The van der Waals surface area contributed by atoms with Gasteiger partial charge < -0.3 is 14.8 Å². The lowest BCUT2D eigenvalue weighted by molar-refractivity contribution is -0.115. The van der Waals surface area contributed by atoms with Crippen molar-refractivity contribution in [2.24, 2.45) is 4.99 Å². The van der Waals surface area contributed by atoms with E-state index < -0.39 is 23.0 Å². The fourth-order valence-electron chi connectivity index (χ4n) is 2.53. The molecule has 1 unspecified atom stereocenters. The minimum Gasteiger partial charge on any atom is -0.453 e. The van der Waals surface area contributed by atoms with Crippen molar-refractivity contribution in [3.8, 4) is 0 Å². The van der Waals surface area contributed by atoms with Gasteiger partial charge in [0.05, 0.1) is 36.4 Å². The van der Waals surface area contributed by atoms with E-state index in [1.165, 1.54) is 6.07 Å². The summed E-state index contributed by atoms with van der Waals surface area (Å²) < 4.78 is 22.3. The Kier molecular flexibility index (Phi) is 9.10. The van der Waals surface area contributed by atoms with E-state index in [1.807, 2.05) is 26.0 Å². The topological polar surface area (TPSA) is 135 Å². The number of aryl methyl sites for hydroxylation is 2. The van der Waals surface area contributed by atoms with Crippen LogP contribution in [0.3, 0.4) is 0 Å². The lowest BCUT2D eigenvalue weighted by Crippen LogP contribution is -2.43. The third kappa shape index (κ3) is 7.14. The molecule has 10 nitrogen and oxygen atoms in total. The molecule has 2 aromatic carbocycles. The fraction of sp³-hybridized carbons (Fsp3) is 0.273. The maximum Gasteiger partial charge on any atom is 0.413 e. The van der Waals surface area contributed by atoms with Crippen LogP contribution in [0.2, 0.25) is 0 Å². The minimum absolute atomic E-state index is 0.147. The number of nitrogens with zero attached hydrogens (tertiary/aromatic N) is 1. The standard InChI is InChI=1S/C22H26N4O6S/c1-6-19(27)23-17-10-9-16(33(30)15-8-7-13(2)14(3)11-15)12-18(17)24-20(25-21(28)31-4)26-22(29)32-5/h7-12H,6H2,1-5H3,(H,23,27)(H2,24,25,26,28,29). The number of anilines is 1. The van der Waals surface area contributed by atoms with Gasteiger partial charge in [0.2, 0.25) is 11.9 Å². The van der Waals surface area contributed by atoms with Gasteiger partial charge in [0.1, 0.15) is 0 Å². The number of hydrogen-bond acceptors (Lipinski definition) is 7. The summed E-state index contributed by atoms with van der Waals surface area (Å²) in [5.41, 5.74) is 2.51. The molecule has 3 amide bonds. The number of amides is 3. The number of hydrogen-bond donors (Lipinski definition) is 3. The van der Waals surface area contributed by atoms with E-state index in [4.69, 9.17) is 0 Å². The number of nitrogens with one attached hydrogen (secondary N) is 3. The van der Waals surface area contributed by atoms with Crippen LogP contribution in [0.1, 0.15) is 24.5 Å². The minimum atomic E-state index is -1.54. The molecule has 1 atom stereocenters. The lowest BCUT2D eigenvalue weighted by atomic mass is 10.1. The quantitative estimate of drug-likeness (QED) is 0.448. The predicted octanol–water partition coefficient (Wildman–Crippen LogP) is 3.52. The van der Waals surface area contributed by atoms with Crippen LogP contribution >= 0.6 is 0 Å². The van der Waals surface area contributed by atoms with Gasteiger partial charge in [-0.2, -0.15) is 0 Å². The highest BCUT2D eigenvalue weighted by atomic mass is 32.2. The van der Waals surface area contributed by atoms with Crippen molar-refractivity contribution in [1.29, 1.82) is 0 Å². The second kappa shape index (κ2) is 11.8. The molecule has 0 bridgehead atoms. The van der Waals surface area contributed by atoms with Crippen molar-refractivity contribution in [2.45, 2.75) is 37.0 Å². The van der Waals surface area contributed by atoms with E-state index in [0.29, 0.717) is 15.5 Å². The third-order valence-electron chi connectivity index (χ3n) is 4.51. The van der Waals surface area contributed by atoms with Gasteiger partial charge in [-0.3, -0.25) is 15.4 Å². The summed E-state index contributed by atoms with van der Waals surface area (Å²) in [6.45, 7) is 5.58. The van der Waals surface area contributed by atoms with Gasteiger partial charge in [-0.25, -0.2) is 18.8 Å². The molecule has 0 aliphatic heterocycles. The smallest absolute Gasteiger partial charge is 0.413 e. The second-order valence-corrected chi connectivity index (χ2v) is 8.27.